The summed E-state index contributed by atoms with van der Waals surface area (Å²) in [6.45, 7) is 6.99. The Labute approximate surface area is 138 Å². The Hall–Kier alpha value is -1.04. The second-order valence-corrected chi connectivity index (χ2v) is 7.29. The van der Waals surface area contributed by atoms with Crippen LogP contribution in [-0.4, -0.2) is 0 Å². The highest BCUT2D eigenvalue weighted by Gasteiger charge is 2.31. The Bertz CT molecular complexity index is 457. The van der Waals surface area contributed by atoms with Crippen molar-refractivity contribution in [3.8, 4) is 0 Å². The zero-order valence-corrected chi connectivity index (χ0v) is 14.9. The smallest absolute Gasteiger partial charge is 0.0274 e. The molecule has 1 fully saturated rings. The summed E-state index contributed by atoms with van der Waals surface area (Å²) in [5.74, 6) is 2.77. The molecule has 0 amide bonds. The number of rotatable bonds is 8. The molecule has 0 aromatic heterocycles. The number of aryl methyl sites for hydroxylation is 2. The molecule has 0 N–H and O–H groups in total. The minimum atomic E-state index is 0.915. The molecule has 2 rings (SSSR count). The second-order valence-electron chi connectivity index (χ2n) is 7.29. The van der Waals surface area contributed by atoms with Gasteiger partial charge in [-0.25, -0.2) is 0 Å². The van der Waals surface area contributed by atoms with Gasteiger partial charge in [0.1, 0.15) is 0 Å². The molecule has 1 aromatic carbocycles. The minimum absolute atomic E-state index is 0.915. The first-order valence-corrected chi connectivity index (χ1v) is 9.41. The van der Waals surface area contributed by atoms with Crippen molar-refractivity contribution in [2.75, 3.05) is 0 Å². The van der Waals surface area contributed by atoms with Crippen LogP contribution < -0.4 is 0 Å². The molecular weight excluding hydrogens is 264 g/mol. The van der Waals surface area contributed by atoms with Crippen LogP contribution in [0.15, 0.2) is 36.4 Å². The van der Waals surface area contributed by atoms with Gasteiger partial charge in [0.2, 0.25) is 0 Å². The fourth-order valence-electron chi connectivity index (χ4n) is 4.08. The maximum Gasteiger partial charge on any atom is -0.0274 e. The van der Waals surface area contributed by atoms with Crippen LogP contribution in [-0.2, 0) is 6.42 Å². The van der Waals surface area contributed by atoms with Crippen LogP contribution in [0.4, 0.5) is 0 Å². The van der Waals surface area contributed by atoms with Crippen molar-refractivity contribution in [1.29, 1.82) is 0 Å². The van der Waals surface area contributed by atoms with Gasteiger partial charge < -0.3 is 0 Å². The molecule has 1 aromatic rings. The van der Waals surface area contributed by atoms with Crippen LogP contribution in [0, 0.1) is 24.7 Å². The van der Waals surface area contributed by atoms with Gasteiger partial charge in [0.05, 0.1) is 0 Å². The Morgan fingerprint density at radius 1 is 1.14 bits per heavy atom. The van der Waals surface area contributed by atoms with Crippen LogP contribution in [0.25, 0.3) is 0 Å². The fourth-order valence-corrected chi connectivity index (χ4v) is 4.08. The van der Waals surface area contributed by atoms with Gasteiger partial charge >= 0.3 is 0 Å². The van der Waals surface area contributed by atoms with E-state index in [9.17, 15) is 0 Å². The number of benzene rings is 1. The fraction of sp³-hybridized carbons (Fsp3) is 0.636. The quantitative estimate of drug-likeness (QED) is 0.369. The van der Waals surface area contributed by atoms with E-state index in [2.05, 4.69) is 57.2 Å². The third-order valence-corrected chi connectivity index (χ3v) is 5.67. The molecule has 22 heavy (non-hydrogen) atoms. The average molecular weight is 299 g/mol. The van der Waals surface area contributed by atoms with Crippen LogP contribution in [0.5, 0.6) is 0 Å². The lowest BCUT2D eigenvalue weighted by molar-refractivity contribution is 0.314. The van der Waals surface area contributed by atoms with Gasteiger partial charge in [-0.3, -0.25) is 0 Å². The van der Waals surface area contributed by atoms with Crippen molar-refractivity contribution in [2.45, 2.75) is 72.1 Å². The number of allylic oxidation sites excluding steroid dienone is 2. The molecule has 0 bridgehead atoms. The van der Waals surface area contributed by atoms with Gasteiger partial charge in [-0.1, -0.05) is 69.5 Å². The van der Waals surface area contributed by atoms with Crippen molar-refractivity contribution >= 4 is 0 Å². The average Bonchev–Trinajstić information content (AvgIpc) is 2.87. The molecule has 3 atom stereocenters. The lowest BCUT2D eigenvalue weighted by atomic mass is 9.83. The number of hydrogen-bond acceptors (Lipinski definition) is 0. The molecule has 0 spiro atoms. The van der Waals surface area contributed by atoms with E-state index in [4.69, 9.17) is 0 Å². The first-order valence-electron chi connectivity index (χ1n) is 9.41. The summed E-state index contributed by atoms with van der Waals surface area (Å²) in [5.41, 5.74) is 3.02. The molecule has 0 radical (unpaired) electrons. The van der Waals surface area contributed by atoms with Crippen molar-refractivity contribution in [3.63, 3.8) is 0 Å². The van der Waals surface area contributed by atoms with Crippen LogP contribution in [0.1, 0.15) is 69.9 Å². The molecule has 1 aliphatic carbocycles. The van der Waals surface area contributed by atoms with E-state index in [1.165, 1.54) is 56.9 Å². The highest BCUT2D eigenvalue weighted by molar-refractivity contribution is 5.25. The van der Waals surface area contributed by atoms with Gasteiger partial charge in [0.25, 0.3) is 0 Å². The monoisotopic (exact) mass is 298 g/mol. The first-order chi connectivity index (χ1) is 10.7. The maximum atomic E-state index is 2.48. The molecule has 1 saturated carbocycles. The molecule has 0 heteroatoms. The molecular formula is C22H34. The summed E-state index contributed by atoms with van der Waals surface area (Å²) in [6, 6.07) is 8.90. The SMILES string of the molecule is CCCC/C=C\C[C@H]1C(C)CCC1CCc1ccccc1C. The molecule has 0 aliphatic heterocycles. The van der Waals surface area contributed by atoms with Crippen molar-refractivity contribution in [2.24, 2.45) is 17.8 Å². The Morgan fingerprint density at radius 3 is 2.73 bits per heavy atom. The summed E-state index contributed by atoms with van der Waals surface area (Å²) in [4.78, 5) is 0. The van der Waals surface area contributed by atoms with Gasteiger partial charge in [0, 0.05) is 0 Å². The van der Waals surface area contributed by atoms with Crippen LogP contribution in [0.3, 0.4) is 0 Å². The first kappa shape index (κ1) is 17.3. The summed E-state index contributed by atoms with van der Waals surface area (Å²) < 4.78 is 0. The Balaban J connectivity index is 1.84. The summed E-state index contributed by atoms with van der Waals surface area (Å²) in [6.07, 6.45) is 15.6. The van der Waals surface area contributed by atoms with E-state index in [-0.39, 0.29) is 0 Å². The topological polar surface area (TPSA) is 0 Å². The number of hydrogen-bond donors (Lipinski definition) is 0. The Morgan fingerprint density at radius 2 is 1.95 bits per heavy atom. The highest BCUT2D eigenvalue weighted by atomic mass is 14.4. The standard InChI is InChI=1S/C22H34/c1-4-5-6-7-8-13-22-19(3)14-15-21(22)17-16-20-12-10-9-11-18(20)2/h7-12,19,21-22H,4-6,13-17H2,1-3H3/b8-7-/t19?,21?,22-/m0/s1. The zero-order valence-electron chi connectivity index (χ0n) is 14.9. The summed E-state index contributed by atoms with van der Waals surface area (Å²) >= 11 is 0. The maximum absolute atomic E-state index is 2.48. The molecule has 1 aliphatic rings. The van der Waals surface area contributed by atoms with Gasteiger partial charge in [0.15, 0.2) is 0 Å². The molecule has 122 valence electrons. The van der Waals surface area contributed by atoms with Gasteiger partial charge in [-0.2, -0.15) is 0 Å². The van der Waals surface area contributed by atoms with E-state index in [0.29, 0.717) is 0 Å². The van der Waals surface area contributed by atoms with Crippen molar-refractivity contribution in [1.82, 2.24) is 0 Å². The van der Waals surface area contributed by atoms with E-state index in [1.54, 1.807) is 5.56 Å². The van der Waals surface area contributed by atoms with Crippen molar-refractivity contribution in [3.05, 3.63) is 47.5 Å². The normalized spacial score (nSPS) is 25.1. The van der Waals surface area contributed by atoms with E-state index >= 15 is 0 Å². The van der Waals surface area contributed by atoms with E-state index < -0.39 is 0 Å². The van der Waals surface area contributed by atoms with Crippen LogP contribution >= 0.6 is 0 Å². The number of unbranched alkanes of at least 4 members (excludes halogenated alkanes) is 2. The second kappa shape index (κ2) is 9.18. The largest absolute Gasteiger partial charge is 0.0885 e. The molecule has 0 saturated heterocycles. The van der Waals surface area contributed by atoms with Crippen LogP contribution in [0.2, 0.25) is 0 Å². The minimum Gasteiger partial charge on any atom is -0.0885 e. The highest BCUT2D eigenvalue weighted by Crippen LogP contribution is 2.41. The van der Waals surface area contributed by atoms with E-state index in [0.717, 1.165) is 17.8 Å². The molecule has 2 unspecified atom stereocenters. The van der Waals surface area contributed by atoms with E-state index in [1.807, 2.05) is 0 Å². The molecule has 0 heterocycles. The van der Waals surface area contributed by atoms with Gasteiger partial charge in [-0.15, -0.1) is 0 Å². The Kier molecular flexibility index (Phi) is 7.22. The summed E-state index contributed by atoms with van der Waals surface area (Å²) in [7, 11) is 0. The van der Waals surface area contributed by atoms with Crippen molar-refractivity contribution < 1.29 is 0 Å². The third kappa shape index (κ3) is 5.00. The predicted molar refractivity (Wildman–Crippen MR) is 98.2 cm³/mol. The lowest BCUT2D eigenvalue weighted by Crippen LogP contribution is -2.13. The predicted octanol–water partition coefficient (Wildman–Crippen LogP) is 6.73. The molecule has 0 nitrogen and oxygen atoms in total. The van der Waals surface area contributed by atoms with Gasteiger partial charge in [-0.05, 0) is 67.9 Å². The zero-order chi connectivity index (χ0) is 15.8. The lowest BCUT2D eigenvalue weighted by Gasteiger charge is -2.22. The third-order valence-electron chi connectivity index (χ3n) is 5.67. The summed E-state index contributed by atoms with van der Waals surface area (Å²) in [5, 5.41) is 0.